The Labute approximate surface area is 122 Å². The molecule has 0 radical (unpaired) electrons. The molecule has 0 aliphatic heterocycles. The van der Waals surface area contributed by atoms with Crippen molar-refractivity contribution in [3.05, 3.63) is 28.2 Å². The Morgan fingerprint density at radius 1 is 1.37 bits per heavy atom. The largest absolute Gasteiger partial charge is 0.496 e. The van der Waals surface area contributed by atoms with E-state index in [1.54, 1.807) is 25.3 Å². The molecule has 1 aromatic carbocycles. The lowest BCUT2D eigenvalue weighted by Gasteiger charge is -2.10. The maximum atomic E-state index is 12.0. The van der Waals surface area contributed by atoms with Gasteiger partial charge in [-0.2, -0.15) is 0 Å². The topological polar surface area (TPSA) is 35.5 Å². The molecule has 19 heavy (non-hydrogen) atoms. The van der Waals surface area contributed by atoms with Gasteiger partial charge >= 0.3 is 0 Å². The molecule has 1 fully saturated rings. The van der Waals surface area contributed by atoms with Crippen LogP contribution in [-0.2, 0) is 4.74 Å². The molecule has 1 aromatic rings. The number of rotatable bonds is 6. The van der Waals surface area contributed by atoms with Gasteiger partial charge in [0.05, 0.1) is 18.2 Å². The number of carbonyl (C=O) groups is 1. The Hall–Kier alpha value is -0.870. The van der Waals surface area contributed by atoms with Crippen LogP contribution in [-0.4, -0.2) is 26.1 Å². The first-order chi connectivity index (χ1) is 9.20. The molecule has 0 bridgehead atoms. The zero-order valence-corrected chi connectivity index (χ0v) is 12.7. The monoisotopic (exact) mass is 326 g/mol. The molecule has 0 N–H and O–H groups in total. The van der Waals surface area contributed by atoms with E-state index >= 15 is 0 Å². The Balaban J connectivity index is 1.83. The van der Waals surface area contributed by atoms with E-state index in [0.29, 0.717) is 18.1 Å². The summed E-state index contributed by atoms with van der Waals surface area (Å²) in [5, 5.41) is 0. The van der Waals surface area contributed by atoms with Gasteiger partial charge in [0, 0.05) is 5.56 Å². The van der Waals surface area contributed by atoms with Crippen molar-refractivity contribution in [2.45, 2.75) is 25.7 Å². The van der Waals surface area contributed by atoms with Crippen LogP contribution in [0.25, 0.3) is 0 Å². The summed E-state index contributed by atoms with van der Waals surface area (Å²) in [7, 11) is 1.60. The number of ether oxygens (including phenoxy) is 2. The minimum Gasteiger partial charge on any atom is -0.496 e. The lowest BCUT2D eigenvalue weighted by atomic mass is 10.1. The maximum Gasteiger partial charge on any atom is 0.188 e. The van der Waals surface area contributed by atoms with E-state index in [0.717, 1.165) is 10.2 Å². The lowest BCUT2D eigenvalue weighted by Crippen LogP contribution is -2.13. The van der Waals surface area contributed by atoms with Crippen LogP contribution in [0, 0.1) is 5.92 Å². The van der Waals surface area contributed by atoms with Gasteiger partial charge in [-0.3, -0.25) is 4.79 Å². The van der Waals surface area contributed by atoms with Crippen molar-refractivity contribution in [1.29, 1.82) is 0 Å². The van der Waals surface area contributed by atoms with E-state index in [-0.39, 0.29) is 12.4 Å². The van der Waals surface area contributed by atoms with Crippen LogP contribution in [0.1, 0.15) is 36.0 Å². The number of Topliss-reactive ketones (excluding diaryl/α,β-unsaturated/α-hetero) is 1. The fourth-order valence-electron chi connectivity index (χ4n) is 2.42. The van der Waals surface area contributed by atoms with Crippen molar-refractivity contribution in [2.75, 3.05) is 20.3 Å². The first-order valence-corrected chi connectivity index (χ1v) is 7.44. The van der Waals surface area contributed by atoms with E-state index in [4.69, 9.17) is 9.47 Å². The Morgan fingerprint density at radius 2 is 2.11 bits per heavy atom. The number of hydrogen-bond acceptors (Lipinski definition) is 3. The highest BCUT2D eigenvalue weighted by atomic mass is 79.9. The van der Waals surface area contributed by atoms with Crippen LogP contribution in [0.3, 0.4) is 0 Å². The van der Waals surface area contributed by atoms with E-state index in [2.05, 4.69) is 15.9 Å². The second kappa shape index (κ2) is 7.06. The summed E-state index contributed by atoms with van der Waals surface area (Å²) < 4.78 is 11.5. The Bertz CT molecular complexity index is 439. The predicted octanol–water partition coefficient (Wildman–Crippen LogP) is 3.85. The van der Waals surface area contributed by atoms with Gasteiger partial charge in [-0.1, -0.05) is 12.8 Å². The van der Waals surface area contributed by atoms with Crippen LogP contribution in [0.5, 0.6) is 5.75 Å². The molecule has 0 atom stereocenters. The number of benzene rings is 1. The highest BCUT2D eigenvalue weighted by Gasteiger charge is 2.16. The number of methoxy groups -OCH3 is 1. The summed E-state index contributed by atoms with van der Waals surface area (Å²) in [5.74, 6) is 1.39. The first kappa shape index (κ1) is 14.5. The van der Waals surface area contributed by atoms with E-state index < -0.39 is 0 Å². The molecule has 1 saturated carbocycles. The standard InChI is InChI=1S/C15H19BrO3/c1-18-15-7-6-12(8-13(15)16)14(17)10-19-9-11-4-2-3-5-11/h6-8,11H,2-5,9-10H2,1H3. The summed E-state index contributed by atoms with van der Waals surface area (Å²) in [6.45, 7) is 0.873. The molecule has 0 unspecified atom stereocenters. The van der Waals surface area contributed by atoms with E-state index in [1.165, 1.54) is 25.7 Å². The molecule has 0 heterocycles. The minimum atomic E-state index is 0.0151. The van der Waals surface area contributed by atoms with Gasteiger partial charge in [-0.25, -0.2) is 0 Å². The SMILES string of the molecule is COc1ccc(C(=O)COCC2CCCC2)cc1Br. The highest BCUT2D eigenvalue weighted by molar-refractivity contribution is 9.10. The average molecular weight is 327 g/mol. The van der Waals surface area contributed by atoms with Crippen molar-refractivity contribution in [1.82, 2.24) is 0 Å². The molecule has 0 amide bonds. The third-order valence-electron chi connectivity index (χ3n) is 3.54. The summed E-state index contributed by atoms with van der Waals surface area (Å²) in [6.07, 6.45) is 5.07. The number of ketones is 1. The summed E-state index contributed by atoms with van der Waals surface area (Å²) in [6, 6.07) is 5.33. The third kappa shape index (κ3) is 4.05. The van der Waals surface area contributed by atoms with E-state index in [9.17, 15) is 4.79 Å². The molecule has 4 heteroatoms. The van der Waals surface area contributed by atoms with Gasteiger partial charge in [-0.05, 0) is 52.9 Å². The number of carbonyl (C=O) groups excluding carboxylic acids is 1. The summed E-state index contributed by atoms with van der Waals surface area (Å²) >= 11 is 3.38. The van der Waals surface area contributed by atoms with Crippen LogP contribution in [0.15, 0.2) is 22.7 Å². The fourth-order valence-corrected chi connectivity index (χ4v) is 2.96. The van der Waals surface area contributed by atoms with Crippen molar-refractivity contribution >= 4 is 21.7 Å². The zero-order valence-electron chi connectivity index (χ0n) is 11.2. The molecule has 1 aliphatic rings. The van der Waals surface area contributed by atoms with Crippen LogP contribution < -0.4 is 4.74 Å². The zero-order chi connectivity index (χ0) is 13.7. The van der Waals surface area contributed by atoms with Crippen molar-refractivity contribution < 1.29 is 14.3 Å². The van der Waals surface area contributed by atoms with Crippen LogP contribution >= 0.6 is 15.9 Å². The Morgan fingerprint density at radius 3 is 2.74 bits per heavy atom. The molecule has 1 aliphatic carbocycles. The molecule has 3 nitrogen and oxygen atoms in total. The van der Waals surface area contributed by atoms with Gasteiger partial charge in [-0.15, -0.1) is 0 Å². The maximum absolute atomic E-state index is 12.0. The Kier molecular flexibility index (Phi) is 5.40. The highest BCUT2D eigenvalue weighted by Crippen LogP contribution is 2.26. The smallest absolute Gasteiger partial charge is 0.188 e. The predicted molar refractivity (Wildman–Crippen MR) is 77.8 cm³/mol. The van der Waals surface area contributed by atoms with Crippen molar-refractivity contribution in [3.63, 3.8) is 0 Å². The average Bonchev–Trinajstić information content (AvgIpc) is 2.91. The second-order valence-electron chi connectivity index (χ2n) is 4.94. The quantitative estimate of drug-likeness (QED) is 0.745. The number of halogens is 1. The fraction of sp³-hybridized carbons (Fsp3) is 0.533. The van der Waals surface area contributed by atoms with Gasteiger partial charge in [0.2, 0.25) is 0 Å². The molecule has 0 spiro atoms. The molecule has 0 aromatic heterocycles. The third-order valence-corrected chi connectivity index (χ3v) is 4.15. The van der Waals surface area contributed by atoms with Gasteiger partial charge in [0.15, 0.2) is 5.78 Å². The van der Waals surface area contributed by atoms with Gasteiger partial charge in [0.25, 0.3) is 0 Å². The summed E-state index contributed by atoms with van der Waals surface area (Å²) in [5.41, 5.74) is 0.652. The van der Waals surface area contributed by atoms with Gasteiger partial charge in [0.1, 0.15) is 12.4 Å². The van der Waals surface area contributed by atoms with E-state index in [1.807, 2.05) is 0 Å². The van der Waals surface area contributed by atoms with Gasteiger partial charge < -0.3 is 9.47 Å². The van der Waals surface area contributed by atoms with Crippen molar-refractivity contribution in [2.24, 2.45) is 5.92 Å². The normalized spacial score (nSPS) is 15.7. The molecular weight excluding hydrogens is 308 g/mol. The van der Waals surface area contributed by atoms with Crippen LogP contribution in [0.2, 0.25) is 0 Å². The minimum absolute atomic E-state index is 0.0151. The summed E-state index contributed by atoms with van der Waals surface area (Å²) in [4.78, 5) is 12.0. The molecule has 104 valence electrons. The molecule has 2 rings (SSSR count). The lowest BCUT2D eigenvalue weighted by molar-refractivity contribution is 0.0681. The second-order valence-corrected chi connectivity index (χ2v) is 5.79. The van der Waals surface area contributed by atoms with Crippen LogP contribution in [0.4, 0.5) is 0 Å². The first-order valence-electron chi connectivity index (χ1n) is 6.65. The van der Waals surface area contributed by atoms with Crippen molar-refractivity contribution in [3.8, 4) is 5.75 Å². The number of hydrogen-bond donors (Lipinski definition) is 0. The molecule has 0 saturated heterocycles. The molecular formula is C15H19BrO3.